The summed E-state index contributed by atoms with van der Waals surface area (Å²) >= 11 is 3.12. The summed E-state index contributed by atoms with van der Waals surface area (Å²) < 4.78 is 22.3. The first-order valence-electron chi connectivity index (χ1n) is 4.60. The lowest BCUT2D eigenvalue weighted by Gasteiger charge is -2.10. The summed E-state index contributed by atoms with van der Waals surface area (Å²) in [6, 6.07) is 2.11. The Morgan fingerprint density at radius 3 is 2.29 bits per heavy atom. The molecule has 17 heavy (non-hydrogen) atoms. The third kappa shape index (κ3) is 2.82. The lowest BCUT2D eigenvalue weighted by molar-refractivity contribution is 0.0554. The van der Waals surface area contributed by atoms with E-state index in [0.717, 1.165) is 19.2 Å². The Hall–Kier alpha value is -1.43. The second-order valence-corrected chi connectivity index (χ2v) is 3.67. The van der Waals surface area contributed by atoms with Gasteiger partial charge in [-0.05, 0) is 17.7 Å². The maximum Gasteiger partial charge on any atom is 0.339 e. The van der Waals surface area contributed by atoms with Gasteiger partial charge in [-0.3, -0.25) is 0 Å². The molecule has 92 valence electrons. The molecule has 1 rings (SSSR count). The normalized spacial score (nSPS) is 9.88. The molecule has 0 bridgehead atoms. The molecule has 0 atom stereocenters. The number of alkyl halides is 1. The van der Waals surface area contributed by atoms with Crippen LogP contribution in [-0.4, -0.2) is 26.2 Å². The molecular formula is C11H10BrFO4. The number of hydrogen-bond acceptors (Lipinski definition) is 4. The minimum absolute atomic E-state index is 0.0117. The monoisotopic (exact) mass is 304 g/mol. The third-order valence-electron chi connectivity index (χ3n) is 2.12. The number of halogens is 2. The summed E-state index contributed by atoms with van der Waals surface area (Å²) in [6.07, 6.45) is 0. The quantitative estimate of drug-likeness (QED) is 0.635. The zero-order chi connectivity index (χ0) is 13.0. The van der Waals surface area contributed by atoms with E-state index in [2.05, 4.69) is 25.4 Å². The predicted octanol–water partition coefficient (Wildman–Crippen LogP) is 2.29. The summed E-state index contributed by atoms with van der Waals surface area (Å²) in [5.41, 5.74) is 0.198. The van der Waals surface area contributed by atoms with Crippen LogP contribution in [0.1, 0.15) is 26.3 Å². The molecule has 1 aromatic carbocycles. The highest BCUT2D eigenvalue weighted by molar-refractivity contribution is 9.08. The number of methoxy groups -OCH3 is 2. The molecule has 0 saturated carbocycles. The Balaban J connectivity index is 3.49. The van der Waals surface area contributed by atoms with Crippen molar-refractivity contribution in [2.24, 2.45) is 0 Å². The van der Waals surface area contributed by atoms with E-state index >= 15 is 0 Å². The van der Waals surface area contributed by atoms with Crippen LogP contribution < -0.4 is 0 Å². The van der Waals surface area contributed by atoms with Gasteiger partial charge in [0.2, 0.25) is 0 Å². The zero-order valence-corrected chi connectivity index (χ0v) is 10.8. The van der Waals surface area contributed by atoms with Crippen LogP contribution >= 0.6 is 15.9 Å². The maximum atomic E-state index is 13.3. The Labute approximate surface area is 106 Å². The largest absolute Gasteiger partial charge is 0.465 e. The molecule has 0 N–H and O–H groups in total. The fraction of sp³-hybridized carbons (Fsp3) is 0.273. The van der Waals surface area contributed by atoms with E-state index in [9.17, 15) is 14.0 Å². The van der Waals surface area contributed by atoms with E-state index in [1.807, 2.05) is 0 Å². The molecule has 4 nitrogen and oxygen atoms in total. The molecule has 0 aliphatic heterocycles. The van der Waals surface area contributed by atoms with Gasteiger partial charge in [-0.15, -0.1) is 0 Å². The van der Waals surface area contributed by atoms with Gasteiger partial charge in [0.05, 0.1) is 25.3 Å². The first-order chi connectivity index (χ1) is 8.04. The Kier molecular flexibility index (Phi) is 4.62. The summed E-state index contributed by atoms with van der Waals surface area (Å²) in [7, 11) is 2.34. The van der Waals surface area contributed by atoms with Crippen molar-refractivity contribution < 1.29 is 23.5 Å². The van der Waals surface area contributed by atoms with Crippen LogP contribution in [0.25, 0.3) is 0 Å². The zero-order valence-electron chi connectivity index (χ0n) is 9.25. The molecule has 1 aromatic rings. The summed E-state index contributed by atoms with van der Waals surface area (Å²) in [5.74, 6) is -2.11. The van der Waals surface area contributed by atoms with Gasteiger partial charge in [0, 0.05) is 5.33 Å². The van der Waals surface area contributed by atoms with Crippen LogP contribution in [0.4, 0.5) is 4.39 Å². The first kappa shape index (κ1) is 13.6. The van der Waals surface area contributed by atoms with Crippen LogP contribution in [-0.2, 0) is 14.8 Å². The van der Waals surface area contributed by atoms with Crippen molar-refractivity contribution in [2.75, 3.05) is 14.2 Å². The van der Waals surface area contributed by atoms with Crippen LogP contribution in [0, 0.1) is 5.82 Å². The van der Waals surface area contributed by atoms with E-state index in [1.165, 1.54) is 7.11 Å². The van der Waals surface area contributed by atoms with Crippen LogP contribution in [0.3, 0.4) is 0 Å². The number of benzene rings is 1. The van der Waals surface area contributed by atoms with Crippen molar-refractivity contribution in [3.8, 4) is 0 Å². The van der Waals surface area contributed by atoms with Crippen molar-refractivity contribution in [1.82, 2.24) is 0 Å². The van der Waals surface area contributed by atoms with E-state index in [4.69, 9.17) is 0 Å². The fourth-order valence-corrected chi connectivity index (χ4v) is 1.82. The first-order valence-corrected chi connectivity index (χ1v) is 5.72. The van der Waals surface area contributed by atoms with Crippen molar-refractivity contribution in [1.29, 1.82) is 0 Å². The molecule has 0 amide bonds. The molecule has 0 spiro atoms. The molecule has 0 heterocycles. The number of carbonyl (C=O) groups excluding carboxylic acids is 2. The molecule has 0 unspecified atom stereocenters. The van der Waals surface area contributed by atoms with E-state index in [0.29, 0.717) is 5.56 Å². The van der Waals surface area contributed by atoms with E-state index in [-0.39, 0.29) is 16.5 Å². The van der Waals surface area contributed by atoms with Gasteiger partial charge in [0.1, 0.15) is 5.82 Å². The average molecular weight is 305 g/mol. The summed E-state index contributed by atoms with van der Waals surface area (Å²) in [4.78, 5) is 23.0. The number of esters is 2. The highest BCUT2D eigenvalue weighted by Gasteiger charge is 2.23. The Bertz CT molecular complexity index is 459. The summed E-state index contributed by atoms with van der Waals surface area (Å²) in [5, 5.41) is 0.221. The minimum Gasteiger partial charge on any atom is -0.465 e. The van der Waals surface area contributed by atoms with Crippen molar-refractivity contribution >= 4 is 27.9 Å². The Morgan fingerprint density at radius 1 is 1.24 bits per heavy atom. The number of hydrogen-bond donors (Lipinski definition) is 0. The highest BCUT2D eigenvalue weighted by atomic mass is 79.9. The topological polar surface area (TPSA) is 52.6 Å². The van der Waals surface area contributed by atoms with E-state index in [1.54, 1.807) is 0 Å². The molecule has 0 aliphatic rings. The smallest absolute Gasteiger partial charge is 0.339 e. The average Bonchev–Trinajstić information content (AvgIpc) is 2.35. The SMILES string of the molecule is COC(=O)c1cc(F)cc(CBr)c1C(=O)OC. The summed E-state index contributed by atoms with van der Waals surface area (Å²) in [6.45, 7) is 0. The van der Waals surface area contributed by atoms with Crippen LogP contribution in [0.2, 0.25) is 0 Å². The lowest BCUT2D eigenvalue weighted by atomic mass is 10.0. The van der Waals surface area contributed by atoms with Gasteiger partial charge < -0.3 is 9.47 Å². The van der Waals surface area contributed by atoms with Gasteiger partial charge in [-0.25, -0.2) is 14.0 Å². The molecule has 0 fully saturated rings. The molecule has 6 heteroatoms. The highest BCUT2D eigenvalue weighted by Crippen LogP contribution is 2.21. The minimum atomic E-state index is -0.785. The van der Waals surface area contributed by atoms with Crippen molar-refractivity contribution in [3.63, 3.8) is 0 Å². The molecule has 0 aromatic heterocycles. The Morgan fingerprint density at radius 2 is 1.82 bits per heavy atom. The standard InChI is InChI=1S/C11H10BrFO4/c1-16-10(14)8-4-7(13)3-6(5-12)9(8)11(15)17-2/h3-4H,5H2,1-2H3. The van der Waals surface area contributed by atoms with Gasteiger partial charge in [-0.1, -0.05) is 15.9 Å². The predicted molar refractivity (Wildman–Crippen MR) is 61.7 cm³/mol. The van der Waals surface area contributed by atoms with Gasteiger partial charge in [0.15, 0.2) is 0 Å². The number of ether oxygens (including phenoxy) is 2. The molecular weight excluding hydrogens is 295 g/mol. The second kappa shape index (κ2) is 5.77. The van der Waals surface area contributed by atoms with E-state index < -0.39 is 17.8 Å². The fourth-order valence-electron chi connectivity index (χ4n) is 1.38. The van der Waals surface area contributed by atoms with Crippen molar-refractivity contribution in [3.05, 3.63) is 34.6 Å². The molecule has 0 saturated heterocycles. The third-order valence-corrected chi connectivity index (χ3v) is 2.73. The molecule has 0 aliphatic carbocycles. The molecule has 0 radical (unpaired) electrons. The van der Waals surface area contributed by atoms with Crippen molar-refractivity contribution in [2.45, 2.75) is 5.33 Å². The number of rotatable bonds is 3. The second-order valence-electron chi connectivity index (χ2n) is 3.10. The lowest BCUT2D eigenvalue weighted by Crippen LogP contribution is -2.15. The number of carbonyl (C=O) groups is 2. The van der Waals surface area contributed by atoms with Crippen LogP contribution in [0.15, 0.2) is 12.1 Å². The maximum absolute atomic E-state index is 13.3. The van der Waals surface area contributed by atoms with Gasteiger partial charge in [0.25, 0.3) is 0 Å². The van der Waals surface area contributed by atoms with Gasteiger partial charge >= 0.3 is 11.9 Å². The van der Waals surface area contributed by atoms with Crippen LogP contribution in [0.5, 0.6) is 0 Å². The van der Waals surface area contributed by atoms with Gasteiger partial charge in [-0.2, -0.15) is 0 Å².